The van der Waals surface area contributed by atoms with Crippen molar-refractivity contribution in [3.8, 4) is 0 Å². The van der Waals surface area contributed by atoms with Gasteiger partial charge in [0.05, 0.1) is 5.52 Å². The Morgan fingerprint density at radius 3 is 2.59 bits per heavy atom. The van der Waals surface area contributed by atoms with Gasteiger partial charge in [0.15, 0.2) is 5.78 Å². The molecule has 0 amide bonds. The fourth-order valence-electron chi connectivity index (χ4n) is 3.12. The number of hydrogen-bond acceptors (Lipinski definition) is 5. The highest BCUT2D eigenvalue weighted by Crippen LogP contribution is 2.17. The van der Waals surface area contributed by atoms with Crippen molar-refractivity contribution in [1.29, 1.82) is 0 Å². The Bertz CT molecular complexity index is 1260. The fourth-order valence-corrected chi connectivity index (χ4v) is 3.94. The summed E-state index contributed by atoms with van der Waals surface area (Å²) in [5.74, 6) is 0.265. The first-order chi connectivity index (χ1) is 13.0. The Morgan fingerprint density at radius 2 is 1.89 bits per heavy atom. The maximum absolute atomic E-state index is 13.0. The van der Waals surface area contributed by atoms with Crippen LogP contribution in [0.5, 0.6) is 0 Å². The highest BCUT2D eigenvalue weighted by molar-refractivity contribution is 7.17. The zero-order chi connectivity index (χ0) is 19.1. The van der Waals surface area contributed by atoms with Gasteiger partial charge in [0.1, 0.15) is 11.2 Å². The predicted molar refractivity (Wildman–Crippen MR) is 105 cm³/mol. The van der Waals surface area contributed by atoms with E-state index in [0.29, 0.717) is 22.3 Å². The monoisotopic (exact) mass is 382 g/mol. The summed E-state index contributed by atoms with van der Waals surface area (Å²) in [5, 5.41) is 6.12. The van der Waals surface area contributed by atoms with Crippen molar-refractivity contribution in [3.63, 3.8) is 0 Å². The standard InChI is InChI=1S/C19H18N4O3S/c1-12(2)10-21-17(25)16-14(8-9-27-16)23-18(21)20-22(19(23)26)11-15(24)13-6-4-3-5-7-13/h3-9,12H,10-11H2,1-2H3. The van der Waals surface area contributed by atoms with Crippen LogP contribution in [0.2, 0.25) is 0 Å². The van der Waals surface area contributed by atoms with Gasteiger partial charge in [-0.1, -0.05) is 44.2 Å². The van der Waals surface area contributed by atoms with E-state index < -0.39 is 5.69 Å². The Balaban J connectivity index is 1.91. The third-order valence-corrected chi connectivity index (χ3v) is 5.22. The molecular weight excluding hydrogens is 364 g/mol. The first kappa shape index (κ1) is 17.4. The van der Waals surface area contributed by atoms with E-state index in [1.165, 1.54) is 20.3 Å². The number of carbonyl (C=O) groups is 1. The predicted octanol–water partition coefficient (Wildman–Crippen LogP) is 2.41. The number of ketones is 1. The van der Waals surface area contributed by atoms with E-state index in [0.717, 1.165) is 4.68 Å². The van der Waals surface area contributed by atoms with Crippen LogP contribution in [0, 0.1) is 5.92 Å². The molecule has 0 saturated carbocycles. The van der Waals surface area contributed by atoms with Crippen LogP contribution in [0.4, 0.5) is 0 Å². The summed E-state index contributed by atoms with van der Waals surface area (Å²) in [6.45, 7) is 4.26. The van der Waals surface area contributed by atoms with Crippen LogP contribution in [-0.2, 0) is 13.1 Å². The lowest BCUT2D eigenvalue weighted by atomic mass is 10.1. The minimum absolute atomic E-state index is 0.160. The van der Waals surface area contributed by atoms with E-state index in [2.05, 4.69) is 5.10 Å². The number of nitrogens with zero attached hydrogens (tertiary/aromatic N) is 4. The quantitative estimate of drug-likeness (QED) is 0.497. The van der Waals surface area contributed by atoms with E-state index >= 15 is 0 Å². The van der Waals surface area contributed by atoms with Gasteiger partial charge in [-0.05, 0) is 17.4 Å². The number of carbonyl (C=O) groups excluding carboxylic acids is 1. The van der Waals surface area contributed by atoms with Gasteiger partial charge in [-0.15, -0.1) is 16.4 Å². The van der Waals surface area contributed by atoms with Crippen molar-refractivity contribution in [1.82, 2.24) is 18.7 Å². The average molecular weight is 382 g/mol. The van der Waals surface area contributed by atoms with E-state index in [-0.39, 0.29) is 29.6 Å². The Morgan fingerprint density at radius 1 is 1.15 bits per heavy atom. The number of rotatable bonds is 5. The minimum Gasteiger partial charge on any atom is -0.292 e. The molecule has 0 radical (unpaired) electrons. The van der Waals surface area contributed by atoms with Gasteiger partial charge < -0.3 is 0 Å². The molecule has 3 aromatic heterocycles. The van der Waals surface area contributed by atoms with Crippen LogP contribution in [0.3, 0.4) is 0 Å². The van der Waals surface area contributed by atoms with Gasteiger partial charge in [0.2, 0.25) is 5.78 Å². The zero-order valence-electron chi connectivity index (χ0n) is 15.0. The van der Waals surface area contributed by atoms with Crippen LogP contribution in [-0.4, -0.2) is 24.5 Å². The molecule has 0 spiro atoms. The highest BCUT2D eigenvalue weighted by Gasteiger charge is 2.20. The molecule has 8 heteroatoms. The SMILES string of the molecule is CC(C)Cn1c(=O)c2sccc2n2c(=O)n(CC(=O)c3ccccc3)nc12. The molecule has 0 aliphatic carbocycles. The molecule has 4 aromatic rings. The molecule has 138 valence electrons. The summed E-state index contributed by atoms with van der Waals surface area (Å²) >= 11 is 1.30. The average Bonchev–Trinajstić information content (AvgIpc) is 3.25. The number of hydrogen-bond donors (Lipinski definition) is 0. The number of benzene rings is 1. The van der Waals surface area contributed by atoms with E-state index in [4.69, 9.17) is 0 Å². The third kappa shape index (κ3) is 2.91. The zero-order valence-corrected chi connectivity index (χ0v) is 15.8. The summed E-state index contributed by atoms with van der Waals surface area (Å²) < 4.78 is 4.60. The summed E-state index contributed by atoms with van der Waals surface area (Å²) in [7, 11) is 0. The van der Waals surface area contributed by atoms with Crippen LogP contribution in [0.1, 0.15) is 24.2 Å². The van der Waals surface area contributed by atoms with E-state index in [1.54, 1.807) is 35.7 Å². The second kappa shape index (κ2) is 6.62. The molecule has 1 aromatic carbocycles. The van der Waals surface area contributed by atoms with Crippen molar-refractivity contribution in [2.75, 3.05) is 0 Å². The second-order valence-electron chi connectivity index (χ2n) is 6.81. The van der Waals surface area contributed by atoms with Gasteiger partial charge in [-0.25, -0.2) is 13.9 Å². The van der Waals surface area contributed by atoms with Crippen LogP contribution in [0.25, 0.3) is 16.0 Å². The lowest BCUT2D eigenvalue weighted by molar-refractivity contribution is 0.0966. The van der Waals surface area contributed by atoms with Crippen molar-refractivity contribution in [3.05, 3.63) is 68.2 Å². The molecule has 0 unspecified atom stereocenters. The molecule has 0 aliphatic heterocycles. The smallest absolute Gasteiger partial charge is 0.292 e. The van der Waals surface area contributed by atoms with Gasteiger partial charge >= 0.3 is 5.69 Å². The second-order valence-corrected chi connectivity index (χ2v) is 7.73. The molecule has 4 rings (SSSR count). The lowest BCUT2D eigenvalue weighted by Gasteiger charge is -2.09. The van der Waals surface area contributed by atoms with Crippen LogP contribution in [0.15, 0.2) is 51.4 Å². The largest absolute Gasteiger partial charge is 0.352 e. The molecule has 0 atom stereocenters. The summed E-state index contributed by atoms with van der Waals surface area (Å²) in [6.07, 6.45) is 0. The minimum atomic E-state index is -0.421. The summed E-state index contributed by atoms with van der Waals surface area (Å²) in [5.41, 5.74) is 0.466. The number of aromatic nitrogens is 4. The van der Waals surface area contributed by atoms with Crippen molar-refractivity contribution in [2.45, 2.75) is 26.9 Å². The molecule has 0 aliphatic rings. The van der Waals surface area contributed by atoms with Gasteiger partial charge in [0.25, 0.3) is 5.56 Å². The molecule has 0 fully saturated rings. The third-order valence-electron chi connectivity index (χ3n) is 4.33. The Labute approximate surface area is 158 Å². The van der Waals surface area contributed by atoms with Crippen LogP contribution < -0.4 is 11.2 Å². The maximum atomic E-state index is 13.0. The molecule has 7 nitrogen and oxygen atoms in total. The fraction of sp³-hybridized carbons (Fsp3) is 0.263. The van der Waals surface area contributed by atoms with E-state index in [9.17, 15) is 14.4 Å². The number of fused-ring (bicyclic) bond motifs is 3. The summed E-state index contributed by atoms with van der Waals surface area (Å²) in [6, 6.07) is 10.5. The topological polar surface area (TPSA) is 78.4 Å². The first-order valence-electron chi connectivity index (χ1n) is 8.65. The van der Waals surface area contributed by atoms with Crippen molar-refractivity contribution in [2.24, 2.45) is 5.92 Å². The molecule has 3 heterocycles. The molecule has 0 N–H and O–H groups in total. The molecule has 27 heavy (non-hydrogen) atoms. The summed E-state index contributed by atoms with van der Waals surface area (Å²) in [4.78, 5) is 38.3. The molecule has 0 bridgehead atoms. The molecule has 0 saturated heterocycles. The van der Waals surface area contributed by atoms with Crippen molar-refractivity contribution < 1.29 is 4.79 Å². The number of Topliss-reactive ketones (excluding diaryl/α,β-unsaturated/α-hetero) is 1. The molecular formula is C19H18N4O3S. The Kier molecular flexibility index (Phi) is 4.27. The van der Waals surface area contributed by atoms with Gasteiger partial charge in [0, 0.05) is 12.1 Å². The maximum Gasteiger partial charge on any atom is 0.352 e. The van der Waals surface area contributed by atoms with E-state index in [1.807, 2.05) is 19.9 Å². The van der Waals surface area contributed by atoms with Crippen LogP contribution >= 0.6 is 11.3 Å². The van der Waals surface area contributed by atoms with Gasteiger partial charge in [-0.2, -0.15) is 0 Å². The van der Waals surface area contributed by atoms with Crippen molar-refractivity contribution >= 4 is 33.1 Å². The Hall–Kier alpha value is -3.00. The highest BCUT2D eigenvalue weighted by atomic mass is 32.1. The van der Waals surface area contributed by atoms with Gasteiger partial charge in [-0.3, -0.25) is 14.2 Å². The normalized spacial score (nSPS) is 11.7. The number of thiophene rings is 1. The first-order valence-corrected chi connectivity index (χ1v) is 9.53. The lowest BCUT2D eigenvalue weighted by Crippen LogP contribution is -2.27.